The van der Waals surface area contributed by atoms with Crippen LogP contribution in [-0.4, -0.2) is 34.6 Å². The second-order valence-electron chi connectivity index (χ2n) is 4.99. The van der Waals surface area contributed by atoms with Crippen molar-refractivity contribution in [3.63, 3.8) is 0 Å². The first-order valence-corrected chi connectivity index (χ1v) is 6.54. The number of aromatic nitrogens is 2. The van der Waals surface area contributed by atoms with Crippen LogP contribution in [0, 0.1) is 0 Å². The zero-order valence-electron chi connectivity index (χ0n) is 10.8. The molecule has 5 heteroatoms. The van der Waals surface area contributed by atoms with Gasteiger partial charge in [-0.3, -0.25) is 4.79 Å². The fourth-order valence-electron chi connectivity index (χ4n) is 2.71. The fraction of sp³-hybridized carbons (Fsp3) is 0.429. The van der Waals surface area contributed by atoms with Crippen molar-refractivity contribution in [3.05, 3.63) is 30.1 Å². The summed E-state index contributed by atoms with van der Waals surface area (Å²) in [6, 6.07) is 4.37. The van der Waals surface area contributed by atoms with Crippen molar-refractivity contribution in [2.45, 2.75) is 31.9 Å². The molecule has 0 saturated carbocycles. The van der Waals surface area contributed by atoms with E-state index in [0.29, 0.717) is 6.04 Å². The molecule has 2 N–H and O–H groups in total. The van der Waals surface area contributed by atoms with E-state index in [2.05, 4.69) is 21.4 Å². The molecule has 0 aromatic carbocycles. The molecule has 0 bridgehead atoms. The molecule has 2 atom stereocenters. The molecule has 0 spiro atoms. The molecule has 0 unspecified atom stereocenters. The minimum absolute atomic E-state index is 0.00540. The number of nitrogens with zero attached hydrogens (tertiary/aromatic N) is 1. The van der Waals surface area contributed by atoms with Gasteiger partial charge in [0.25, 0.3) is 0 Å². The molecule has 0 aliphatic carbocycles. The van der Waals surface area contributed by atoms with Crippen molar-refractivity contribution >= 4 is 17.0 Å². The molecule has 1 saturated heterocycles. The van der Waals surface area contributed by atoms with Crippen molar-refractivity contribution in [1.29, 1.82) is 0 Å². The normalized spacial score (nSPS) is 22.8. The van der Waals surface area contributed by atoms with Crippen LogP contribution < -0.4 is 5.32 Å². The van der Waals surface area contributed by atoms with E-state index >= 15 is 0 Å². The van der Waals surface area contributed by atoms with Crippen LogP contribution >= 0.6 is 0 Å². The third kappa shape index (κ3) is 2.61. The van der Waals surface area contributed by atoms with Gasteiger partial charge in [-0.15, -0.1) is 0 Å². The van der Waals surface area contributed by atoms with Crippen LogP contribution in [0.15, 0.2) is 24.5 Å². The Kier molecular flexibility index (Phi) is 3.21. The minimum Gasteiger partial charge on any atom is -0.461 e. The Labute approximate surface area is 111 Å². The minimum atomic E-state index is -0.205. The van der Waals surface area contributed by atoms with E-state index in [1.54, 1.807) is 6.20 Å². The Morgan fingerprint density at radius 1 is 1.58 bits per heavy atom. The van der Waals surface area contributed by atoms with Gasteiger partial charge >= 0.3 is 5.97 Å². The van der Waals surface area contributed by atoms with Crippen molar-refractivity contribution in [1.82, 2.24) is 15.3 Å². The standard InChI is InChI=1S/C14H17N3O2/c1-9(18)19-12-6-11(16-8-12)5-10-7-17-14-13(10)3-2-4-15-14/h2-4,7,11-12,16H,5-6,8H2,1H3,(H,15,17)/t11-,12+/m1/s1. The van der Waals surface area contributed by atoms with Gasteiger partial charge in [0.1, 0.15) is 11.8 Å². The summed E-state index contributed by atoms with van der Waals surface area (Å²) < 4.78 is 5.23. The Morgan fingerprint density at radius 2 is 2.47 bits per heavy atom. The number of esters is 1. The first-order chi connectivity index (χ1) is 9.22. The lowest BCUT2D eigenvalue weighted by Crippen LogP contribution is -2.23. The van der Waals surface area contributed by atoms with Crippen LogP contribution in [0.25, 0.3) is 11.0 Å². The maximum Gasteiger partial charge on any atom is 0.302 e. The van der Waals surface area contributed by atoms with Crippen LogP contribution in [0.1, 0.15) is 18.9 Å². The van der Waals surface area contributed by atoms with Crippen LogP contribution in [0.4, 0.5) is 0 Å². The van der Waals surface area contributed by atoms with Gasteiger partial charge in [-0.2, -0.15) is 0 Å². The second-order valence-corrected chi connectivity index (χ2v) is 4.99. The number of carbonyl (C=O) groups is 1. The number of hydrogen-bond acceptors (Lipinski definition) is 4. The number of ether oxygens (including phenoxy) is 1. The molecule has 5 nitrogen and oxygen atoms in total. The van der Waals surface area contributed by atoms with E-state index in [0.717, 1.165) is 25.0 Å². The van der Waals surface area contributed by atoms with Gasteiger partial charge in [-0.1, -0.05) is 0 Å². The van der Waals surface area contributed by atoms with E-state index in [-0.39, 0.29) is 12.1 Å². The molecular weight excluding hydrogens is 242 g/mol. The Morgan fingerprint density at radius 3 is 3.32 bits per heavy atom. The van der Waals surface area contributed by atoms with E-state index in [4.69, 9.17) is 4.74 Å². The lowest BCUT2D eigenvalue weighted by Gasteiger charge is -2.10. The number of nitrogens with one attached hydrogen (secondary N) is 2. The molecule has 1 aliphatic heterocycles. The number of rotatable bonds is 3. The maximum absolute atomic E-state index is 10.9. The zero-order valence-corrected chi connectivity index (χ0v) is 10.8. The highest BCUT2D eigenvalue weighted by atomic mass is 16.5. The van der Waals surface area contributed by atoms with Crippen LogP contribution in [-0.2, 0) is 16.0 Å². The molecule has 0 amide bonds. The summed E-state index contributed by atoms with van der Waals surface area (Å²) in [5.74, 6) is -0.205. The van der Waals surface area contributed by atoms with Crippen molar-refractivity contribution < 1.29 is 9.53 Å². The predicted octanol–water partition coefficient (Wildman–Crippen LogP) is 1.40. The third-order valence-electron chi connectivity index (χ3n) is 3.52. The van der Waals surface area contributed by atoms with Gasteiger partial charge in [0.2, 0.25) is 0 Å². The van der Waals surface area contributed by atoms with Gasteiger partial charge < -0.3 is 15.0 Å². The molecule has 2 aromatic rings. The summed E-state index contributed by atoms with van der Waals surface area (Å²) in [6.45, 7) is 2.20. The number of hydrogen-bond donors (Lipinski definition) is 2. The quantitative estimate of drug-likeness (QED) is 0.818. The van der Waals surface area contributed by atoms with Gasteiger partial charge in [-0.25, -0.2) is 4.98 Å². The summed E-state index contributed by atoms with van der Waals surface area (Å²) in [6.07, 6.45) is 5.59. The van der Waals surface area contributed by atoms with Crippen molar-refractivity contribution in [3.8, 4) is 0 Å². The predicted molar refractivity (Wildman–Crippen MR) is 71.8 cm³/mol. The second kappa shape index (κ2) is 5.01. The number of H-pyrrole nitrogens is 1. The van der Waals surface area contributed by atoms with E-state index < -0.39 is 0 Å². The largest absolute Gasteiger partial charge is 0.461 e. The van der Waals surface area contributed by atoms with Gasteiger partial charge in [0.05, 0.1) is 0 Å². The monoisotopic (exact) mass is 259 g/mol. The summed E-state index contributed by atoms with van der Waals surface area (Å²) in [5, 5.41) is 4.57. The Balaban J connectivity index is 1.68. The fourth-order valence-corrected chi connectivity index (χ4v) is 2.71. The molecule has 3 heterocycles. The summed E-state index contributed by atoms with van der Waals surface area (Å²) in [7, 11) is 0. The SMILES string of the molecule is CC(=O)O[C@@H]1CN[C@H](Cc2c[nH]c3ncccc23)C1. The average Bonchev–Trinajstić information content (AvgIpc) is 2.97. The Hall–Kier alpha value is -1.88. The highest BCUT2D eigenvalue weighted by molar-refractivity contribution is 5.79. The molecule has 2 aromatic heterocycles. The zero-order chi connectivity index (χ0) is 13.2. The van der Waals surface area contributed by atoms with Crippen molar-refractivity contribution in [2.75, 3.05) is 6.54 Å². The number of aromatic amines is 1. The first kappa shape index (κ1) is 12.2. The lowest BCUT2D eigenvalue weighted by molar-refractivity contribution is -0.145. The van der Waals surface area contributed by atoms with Crippen LogP contribution in [0.2, 0.25) is 0 Å². The van der Waals surface area contributed by atoms with Gasteiger partial charge in [0, 0.05) is 43.7 Å². The van der Waals surface area contributed by atoms with E-state index in [9.17, 15) is 4.79 Å². The lowest BCUT2D eigenvalue weighted by atomic mass is 10.0. The van der Waals surface area contributed by atoms with Crippen molar-refractivity contribution in [2.24, 2.45) is 0 Å². The topological polar surface area (TPSA) is 67.0 Å². The molecular formula is C14H17N3O2. The third-order valence-corrected chi connectivity index (χ3v) is 3.52. The van der Waals surface area contributed by atoms with Crippen LogP contribution in [0.5, 0.6) is 0 Å². The first-order valence-electron chi connectivity index (χ1n) is 6.54. The van der Waals surface area contributed by atoms with E-state index in [1.165, 1.54) is 17.9 Å². The average molecular weight is 259 g/mol. The van der Waals surface area contributed by atoms with Gasteiger partial charge in [0.15, 0.2) is 0 Å². The molecule has 1 aliphatic rings. The highest BCUT2D eigenvalue weighted by Gasteiger charge is 2.26. The molecule has 1 fully saturated rings. The number of pyridine rings is 1. The smallest absolute Gasteiger partial charge is 0.302 e. The molecule has 19 heavy (non-hydrogen) atoms. The number of carbonyl (C=O) groups excluding carboxylic acids is 1. The highest BCUT2D eigenvalue weighted by Crippen LogP contribution is 2.21. The summed E-state index contributed by atoms with van der Waals surface area (Å²) >= 11 is 0. The molecule has 3 rings (SSSR count). The molecule has 0 radical (unpaired) electrons. The van der Waals surface area contributed by atoms with Gasteiger partial charge in [-0.05, 0) is 24.1 Å². The maximum atomic E-state index is 10.9. The summed E-state index contributed by atoms with van der Waals surface area (Å²) in [5.41, 5.74) is 2.18. The Bertz CT molecular complexity index is 593. The van der Waals surface area contributed by atoms with Crippen LogP contribution in [0.3, 0.4) is 0 Å². The summed E-state index contributed by atoms with van der Waals surface area (Å²) in [4.78, 5) is 18.4. The molecule has 100 valence electrons. The number of fused-ring (bicyclic) bond motifs is 1. The van der Waals surface area contributed by atoms with E-state index in [1.807, 2.05) is 12.3 Å².